The van der Waals surface area contributed by atoms with Gasteiger partial charge in [-0.3, -0.25) is 9.12 Å². The first-order chi connectivity index (χ1) is 11.4. The van der Waals surface area contributed by atoms with Crippen LogP contribution in [0.2, 0.25) is 0 Å². The van der Waals surface area contributed by atoms with Crippen LogP contribution in [-0.2, 0) is 14.8 Å². The molecule has 0 radical (unpaired) electrons. The molecule has 0 fully saturated rings. The van der Waals surface area contributed by atoms with Gasteiger partial charge in [0.25, 0.3) is 0 Å². The number of nitrogens with zero attached hydrogens (tertiary/aromatic N) is 2. The third-order valence-electron chi connectivity index (χ3n) is 3.12. The Balaban J connectivity index is 1.84. The highest BCUT2D eigenvalue weighted by Gasteiger charge is 2.14. The van der Waals surface area contributed by atoms with Gasteiger partial charge in [0.05, 0.1) is 18.6 Å². The van der Waals surface area contributed by atoms with Crippen molar-refractivity contribution in [2.45, 2.75) is 6.92 Å². The zero-order chi connectivity index (χ0) is 17.3. The molecular formula is C15H15N3O4S2. The molecule has 0 spiro atoms. The topological polar surface area (TPSA) is 89.8 Å². The lowest BCUT2D eigenvalue weighted by Gasteiger charge is -2.04. The highest BCUT2D eigenvalue weighted by Crippen LogP contribution is 2.25. The summed E-state index contributed by atoms with van der Waals surface area (Å²) in [6.07, 6.45) is 4.60. The van der Waals surface area contributed by atoms with Gasteiger partial charge in [-0.2, -0.15) is 0 Å². The molecule has 3 rings (SSSR count). The van der Waals surface area contributed by atoms with Gasteiger partial charge >= 0.3 is 5.97 Å². The molecule has 2 aromatic heterocycles. The van der Waals surface area contributed by atoms with Crippen LogP contribution in [0.4, 0.5) is 5.69 Å². The number of hydrogen-bond donors (Lipinski definition) is 1. The summed E-state index contributed by atoms with van der Waals surface area (Å²) in [4.78, 5) is 17.4. The maximum absolute atomic E-state index is 11.7. The minimum Gasteiger partial charge on any atom is -0.462 e. The first-order valence-electron chi connectivity index (χ1n) is 7.09. The minimum atomic E-state index is -3.30. The molecule has 0 bridgehead atoms. The predicted octanol–water partition coefficient (Wildman–Crippen LogP) is 2.61. The number of hydrogen-bond acceptors (Lipinski definition) is 6. The molecule has 126 valence electrons. The summed E-state index contributed by atoms with van der Waals surface area (Å²) < 4.78 is 31.6. The molecule has 1 N–H and O–H groups in total. The number of fused-ring (bicyclic) bond motifs is 1. The van der Waals surface area contributed by atoms with Gasteiger partial charge in [-0.05, 0) is 19.1 Å². The molecule has 2 heterocycles. The number of anilines is 1. The molecule has 1 aromatic carbocycles. The first-order valence-corrected chi connectivity index (χ1v) is 9.80. The van der Waals surface area contributed by atoms with E-state index in [1.807, 2.05) is 6.20 Å². The van der Waals surface area contributed by atoms with E-state index in [2.05, 4.69) is 9.71 Å². The summed E-state index contributed by atoms with van der Waals surface area (Å²) in [7, 11) is -3.30. The Kier molecular flexibility index (Phi) is 4.29. The second-order valence-electron chi connectivity index (χ2n) is 5.08. The summed E-state index contributed by atoms with van der Waals surface area (Å²) in [5, 5.41) is 0. The van der Waals surface area contributed by atoms with Crippen LogP contribution in [0, 0.1) is 0 Å². The molecule has 0 aliphatic carbocycles. The number of thiazole rings is 1. The van der Waals surface area contributed by atoms with Gasteiger partial charge in [0.1, 0.15) is 4.88 Å². The van der Waals surface area contributed by atoms with Crippen LogP contribution in [0.3, 0.4) is 0 Å². The van der Waals surface area contributed by atoms with Gasteiger partial charge in [0.2, 0.25) is 10.0 Å². The summed E-state index contributed by atoms with van der Waals surface area (Å²) in [6.45, 7) is 2.09. The molecule has 0 unspecified atom stereocenters. The van der Waals surface area contributed by atoms with E-state index in [9.17, 15) is 13.2 Å². The number of nitrogens with one attached hydrogen (secondary N) is 1. The van der Waals surface area contributed by atoms with E-state index in [4.69, 9.17) is 4.74 Å². The van der Waals surface area contributed by atoms with Gasteiger partial charge in [-0.1, -0.05) is 23.5 Å². The SMILES string of the molecule is CCOC(=O)c1cn2cc(-c3ccc(NS(C)(=O)=O)cc3)nc2s1. The van der Waals surface area contributed by atoms with Crippen molar-refractivity contribution in [1.82, 2.24) is 9.38 Å². The van der Waals surface area contributed by atoms with Gasteiger partial charge in [-0.25, -0.2) is 18.2 Å². The largest absolute Gasteiger partial charge is 0.462 e. The van der Waals surface area contributed by atoms with Crippen molar-refractivity contribution in [2.24, 2.45) is 0 Å². The number of carbonyl (C=O) groups excluding carboxylic acids is 1. The summed E-state index contributed by atoms with van der Waals surface area (Å²) in [5.41, 5.74) is 2.08. The van der Waals surface area contributed by atoms with Gasteiger partial charge < -0.3 is 4.74 Å². The number of imidazole rings is 1. The quantitative estimate of drug-likeness (QED) is 0.702. The molecule has 0 aliphatic heterocycles. The molecule has 0 atom stereocenters. The molecule has 3 aromatic rings. The number of benzene rings is 1. The van der Waals surface area contributed by atoms with Crippen molar-refractivity contribution in [3.63, 3.8) is 0 Å². The van der Waals surface area contributed by atoms with Crippen LogP contribution < -0.4 is 4.72 Å². The maximum atomic E-state index is 11.7. The minimum absolute atomic E-state index is 0.332. The van der Waals surface area contributed by atoms with Crippen LogP contribution in [0.15, 0.2) is 36.7 Å². The third-order valence-corrected chi connectivity index (χ3v) is 4.70. The number of rotatable bonds is 5. The van der Waals surface area contributed by atoms with E-state index >= 15 is 0 Å². The van der Waals surface area contributed by atoms with Crippen LogP contribution in [0.5, 0.6) is 0 Å². The summed E-state index contributed by atoms with van der Waals surface area (Å²) in [6, 6.07) is 6.92. The Bertz CT molecular complexity index is 956. The number of aromatic nitrogens is 2. The van der Waals surface area contributed by atoms with Crippen molar-refractivity contribution in [1.29, 1.82) is 0 Å². The standard InChI is InChI=1S/C15H15N3O4S2/c1-3-22-14(19)13-9-18-8-12(16-15(18)23-13)10-4-6-11(7-5-10)17-24(2,20)21/h4-9,17H,3H2,1-2H3. The van der Waals surface area contributed by atoms with E-state index in [0.717, 1.165) is 17.5 Å². The van der Waals surface area contributed by atoms with E-state index < -0.39 is 10.0 Å². The van der Waals surface area contributed by atoms with E-state index in [-0.39, 0.29) is 5.97 Å². The highest BCUT2D eigenvalue weighted by atomic mass is 32.2. The summed E-state index contributed by atoms with van der Waals surface area (Å²) >= 11 is 1.26. The van der Waals surface area contributed by atoms with Crippen LogP contribution >= 0.6 is 11.3 Å². The molecule has 0 amide bonds. The molecule has 0 saturated carbocycles. The molecule has 0 saturated heterocycles. The fourth-order valence-corrected chi connectivity index (χ4v) is 3.58. The zero-order valence-electron chi connectivity index (χ0n) is 13.0. The lowest BCUT2D eigenvalue weighted by atomic mass is 10.1. The fraction of sp³-hybridized carbons (Fsp3) is 0.200. The maximum Gasteiger partial charge on any atom is 0.349 e. The van der Waals surface area contributed by atoms with Gasteiger partial charge in [0.15, 0.2) is 4.96 Å². The zero-order valence-corrected chi connectivity index (χ0v) is 14.6. The van der Waals surface area contributed by atoms with Crippen molar-refractivity contribution >= 4 is 38.0 Å². The van der Waals surface area contributed by atoms with Crippen LogP contribution in [0.1, 0.15) is 16.6 Å². The number of sulfonamides is 1. The number of carbonyl (C=O) groups is 1. The van der Waals surface area contributed by atoms with Crippen LogP contribution in [0.25, 0.3) is 16.2 Å². The fourth-order valence-electron chi connectivity index (χ4n) is 2.15. The van der Waals surface area contributed by atoms with Crippen molar-refractivity contribution < 1.29 is 17.9 Å². The third kappa shape index (κ3) is 3.57. The smallest absolute Gasteiger partial charge is 0.349 e. The van der Waals surface area contributed by atoms with Crippen LogP contribution in [-0.4, -0.2) is 36.6 Å². The first kappa shape index (κ1) is 16.5. The average molecular weight is 365 g/mol. The van der Waals surface area contributed by atoms with Crippen molar-refractivity contribution in [3.05, 3.63) is 41.5 Å². The van der Waals surface area contributed by atoms with Gasteiger partial charge in [-0.15, -0.1) is 0 Å². The Morgan fingerprint density at radius 2 is 2.00 bits per heavy atom. The summed E-state index contributed by atoms with van der Waals surface area (Å²) in [5.74, 6) is -0.356. The second-order valence-corrected chi connectivity index (χ2v) is 7.84. The average Bonchev–Trinajstić information content (AvgIpc) is 3.05. The van der Waals surface area contributed by atoms with E-state index in [1.165, 1.54) is 11.3 Å². The van der Waals surface area contributed by atoms with E-state index in [0.29, 0.717) is 22.1 Å². The second kappa shape index (κ2) is 6.25. The molecule has 24 heavy (non-hydrogen) atoms. The monoisotopic (exact) mass is 365 g/mol. The van der Waals surface area contributed by atoms with E-state index in [1.54, 1.807) is 41.8 Å². The molecular weight excluding hydrogens is 350 g/mol. The van der Waals surface area contributed by atoms with Crippen molar-refractivity contribution in [2.75, 3.05) is 17.6 Å². The normalized spacial score (nSPS) is 11.6. The Morgan fingerprint density at radius 3 is 2.58 bits per heavy atom. The van der Waals surface area contributed by atoms with Gasteiger partial charge in [0, 0.05) is 23.6 Å². The highest BCUT2D eigenvalue weighted by molar-refractivity contribution is 7.92. The lowest BCUT2D eigenvalue weighted by Crippen LogP contribution is -2.09. The molecule has 7 nitrogen and oxygen atoms in total. The Hall–Kier alpha value is -2.39. The molecule has 0 aliphatic rings. The number of esters is 1. The Labute approximate surface area is 143 Å². The lowest BCUT2D eigenvalue weighted by molar-refractivity contribution is 0.0531. The Morgan fingerprint density at radius 1 is 1.29 bits per heavy atom. The molecule has 9 heteroatoms. The predicted molar refractivity (Wildman–Crippen MR) is 92.9 cm³/mol. The van der Waals surface area contributed by atoms with Crippen molar-refractivity contribution in [3.8, 4) is 11.3 Å². The number of ether oxygens (including phenoxy) is 1.